The molecule has 4 aromatic rings. The summed E-state index contributed by atoms with van der Waals surface area (Å²) in [7, 11) is 4.33. The van der Waals surface area contributed by atoms with Gasteiger partial charge in [-0.3, -0.25) is 4.79 Å². The Bertz CT molecular complexity index is 1540. The maximum Gasteiger partial charge on any atom is 0.272 e. The third kappa shape index (κ3) is 4.67. The van der Waals surface area contributed by atoms with Crippen LogP contribution in [0.25, 0.3) is 22.2 Å². The van der Waals surface area contributed by atoms with Crippen molar-refractivity contribution in [1.29, 1.82) is 0 Å². The smallest absolute Gasteiger partial charge is 0.272 e. The van der Waals surface area contributed by atoms with Gasteiger partial charge in [-0.2, -0.15) is 5.10 Å². The number of hydrogen-bond donors (Lipinski definition) is 1. The lowest BCUT2D eigenvalue weighted by atomic mass is 10.0. The molecule has 0 spiro atoms. The lowest BCUT2D eigenvalue weighted by molar-refractivity contribution is 0.0956. The number of aromatic nitrogens is 1. The van der Waals surface area contributed by atoms with Crippen molar-refractivity contribution in [1.82, 2.24) is 10.4 Å². The minimum atomic E-state index is -2.30. The molecule has 0 saturated heterocycles. The molecular formula is C26H18F5N3O4. The van der Waals surface area contributed by atoms with Gasteiger partial charge in [0.05, 0.1) is 49.9 Å². The summed E-state index contributed by atoms with van der Waals surface area (Å²) in [6.07, 6.45) is 0.331. The van der Waals surface area contributed by atoms with Crippen LogP contribution in [0.3, 0.4) is 0 Å². The van der Waals surface area contributed by atoms with Gasteiger partial charge in [-0.25, -0.2) is 32.4 Å². The van der Waals surface area contributed by atoms with E-state index < -0.39 is 40.6 Å². The Morgan fingerprint density at radius 2 is 1.42 bits per heavy atom. The average molecular weight is 531 g/mol. The highest BCUT2D eigenvalue weighted by Crippen LogP contribution is 2.41. The Morgan fingerprint density at radius 1 is 0.842 bits per heavy atom. The maximum absolute atomic E-state index is 13.9. The van der Waals surface area contributed by atoms with Gasteiger partial charge in [0.25, 0.3) is 5.91 Å². The van der Waals surface area contributed by atoms with Gasteiger partial charge in [-0.1, -0.05) is 18.2 Å². The summed E-state index contributed by atoms with van der Waals surface area (Å²) in [5, 5.41) is 3.81. The summed E-state index contributed by atoms with van der Waals surface area (Å²) in [4.78, 5) is 17.6. The zero-order valence-electron chi connectivity index (χ0n) is 20.0. The molecule has 1 N–H and O–H groups in total. The first-order chi connectivity index (χ1) is 18.2. The molecule has 0 aliphatic rings. The molecule has 0 aliphatic carbocycles. The predicted octanol–water partition coefficient (Wildman–Crippen LogP) is 5.39. The Balaban J connectivity index is 1.76. The van der Waals surface area contributed by atoms with Gasteiger partial charge in [0.15, 0.2) is 34.8 Å². The maximum atomic E-state index is 13.9. The first kappa shape index (κ1) is 26.3. The Hall–Kier alpha value is -4.74. The number of benzene rings is 3. The third-order valence-corrected chi connectivity index (χ3v) is 5.52. The molecule has 1 heterocycles. The van der Waals surface area contributed by atoms with Crippen molar-refractivity contribution in [3.05, 3.63) is 82.7 Å². The van der Waals surface area contributed by atoms with Crippen LogP contribution < -0.4 is 19.6 Å². The van der Waals surface area contributed by atoms with E-state index in [2.05, 4.69) is 15.5 Å². The summed E-state index contributed by atoms with van der Waals surface area (Å²) in [5.74, 6) is -10.5. The van der Waals surface area contributed by atoms with E-state index in [1.165, 1.54) is 27.4 Å². The number of amides is 1. The molecule has 3 aromatic carbocycles. The lowest BCUT2D eigenvalue weighted by Gasteiger charge is -2.15. The molecule has 12 heteroatoms. The molecule has 1 aromatic heterocycles. The second-order valence-electron chi connectivity index (χ2n) is 7.67. The highest BCUT2D eigenvalue weighted by molar-refractivity contribution is 6.07. The number of methoxy groups -OCH3 is 3. The van der Waals surface area contributed by atoms with Crippen molar-refractivity contribution in [3.8, 4) is 28.5 Å². The van der Waals surface area contributed by atoms with Gasteiger partial charge in [0, 0.05) is 10.9 Å². The molecule has 4 rings (SSSR count). The quantitative estimate of drug-likeness (QED) is 0.114. The Labute approximate surface area is 212 Å². The fourth-order valence-corrected chi connectivity index (χ4v) is 3.69. The number of carbonyl (C=O) groups excluding carboxylic acids is 1. The standard InChI is InChI=1S/C26H18F5N3O4/c1-36-18-8-12(9-19(37-2)25(18)38-3)17-10-14(13-6-4-5-7-16(13)33-17)26(35)34-32-11-15-20(27)22(29)24(31)23(30)21(15)28/h4-11H,1-3H3,(H,34,35)/b32-11+. The second-order valence-corrected chi connectivity index (χ2v) is 7.67. The number of nitrogens with zero attached hydrogens (tertiary/aromatic N) is 2. The van der Waals surface area contributed by atoms with E-state index in [-0.39, 0.29) is 5.56 Å². The van der Waals surface area contributed by atoms with Crippen molar-refractivity contribution in [2.75, 3.05) is 21.3 Å². The van der Waals surface area contributed by atoms with E-state index in [1.807, 2.05) is 0 Å². The number of hydrogen-bond acceptors (Lipinski definition) is 6. The number of ether oxygens (including phenoxy) is 3. The molecule has 1 amide bonds. The fraction of sp³-hybridized carbons (Fsp3) is 0.115. The zero-order chi connectivity index (χ0) is 27.6. The molecule has 0 aliphatic heterocycles. The van der Waals surface area contributed by atoms with E-state index in [1.54, 1.807) is 36.4 Å². The van der Waals surface area contributed by atoms with Crippen molar-refractivity contribution in [2.24, 2.45) is 5.10 Å². The lowest BCUT2D eigenvalue weighted by Crippen LogP contribution is -2.19. The highest BCUT2D eigenvalue weighted by Gasteiger charge is 2.25. The van der Waals surface area contributed by atoms with Crippen LogP contribution in [0.2, 0.25) is 0 Å². The van der Waals surface area contributed by atoms with Crippen molar-refractivity contribution in [3.63, 3.8) is 0 Å². The first-order valence-corrected chi connectivity index (χ1v) is 10.8. The van der Waals surface area contributed by atoms with Gasteiger partial charge < -0.3 is 14.2 Å². The number of rotatable bonds is 7. The third-order valence-electron chi connectivity index (χ3n) is 5.52. The molecular weight excluding hydrogens is 513 g/mol. The molecule has 7 nitrogen and oxygen atoms in total. The van der Waals surface area contributed by atoms with Gasteiger partial charge in [-0.15, -0.1) is 0 Å². The van der Waals surface area contributed by atoms with Crippen molar-refractivity contribution >= 4 is 23.0 Å². The van der Waals surface area contributed by atoms with Crippen LogP contribution in [-0.2, 0) is 0 Å². The number of pyridine rings is 1. The molecule has 0 fully saturated rings. The van der Waals surface area contributed by atoms with E-state index in [9.17, 15) is 26.7 Å². The Morgan fingerprint density at radius 3 is 2.00 bits per heavy atom. The minimum Gasteiger partial charge on any atom is -0.493 e. The SMILES string of the molecule is COc1cc(-c2cc(C(=O)N/N=C/c3c(F)c(F)c(F)c(F)c3F)c3ccccc3n2)cc(OC)c1OC. The van der Waals surface area contributed by atoms with Gasteiger partial charge in [0.1, 0.15) is 0 Å². The monoisotopic (exact) mass is 531 g/mol. The first-order valence-electron chi connectivity index (χ1n) is 10.8. The van der Waals surface area contributed by atoms with Crippen LogP contribution in [0.5, 0.6) is 17.2 Å². The summed E-state index contributed by atoms with van der Waals surface area (Å²) in [6, 6.07) is 11.3. The Kier molecular flexibility index (Phi) is 7.42. The van der Waals surface area contributed by atoms with Crippen LogP contribution >= 0.6 is 0 Å². The average Bonchev–Trinajstić information content (AvgIpc) is 2.95. The van der Waals surface area contributed by atoms with E-state index in [4.69, 9.17) is 14.2 Å². The van der Waals surface area contributed by atoms with Crippen LogP contribution in [0.15, 0.2) is 47.6 Å². The second kappa shape index (κ2) is 10.7. The van der Waals surface area contributed by atoms with E-state index in [0.29, 0.717) is 45.6 Å². The van der Waals surface area contributed by atoms with Crippen LogP contribution in [-0.4, -0.2) is 38.4 Å². The number of para-hydroxylation sites is 1. The topological polar surface area (TPSA) is 82.0 Å². The van der Waals surface area contributed by atoms with Crippen LogP contribution in [0.4, 0.5) is 22.0 Å². The van der Waals surface area contributed by atoms with Gasteiger partial charge in [0.2, 0.25) is 11.6 Å². The summed E-state index contributed by atoms with van der Waals surface area (Å²) in [5.41, 5.74) is 2.07. The molecule has 0 saturated carbocycles. The van der Waals surface area contributed by atoms with Crippen molar-refractivity contribution < 1.29 is 41.0 Å². The number of fused-ring (bicyclic) bond motifs is 1. The van der Waals surface area contributed by atoms with Gasteiger partial charge in [-0.05, 0) is 24.3 Å². The minimum absolute atomic E-state index is 0.0638. The molecule has 0 atom stereocenters. The fourth-order valence-electron chi connectivity index (χ4n) is 3.69. The van der Waals surface area contributed by atoms with Crippen LogP contribution in [0, 0.1) is 29.1 Å². The molecule has 38 heavy (non-hydrogen) atoms. The molecule has 196 valence electrons. The number of hydrazone groups is 1. The molecule has 0 bridgehead atoms. The molecule has 0 radical (unpaired) electrons. The number of carbonyl (C=O) groups is 1. The zero-order valence-corrected chi connectivity index (χ0v) is 20.0. The van der Waals surface area contributed by atoms with Crippen molar-refractivity contribution in [2.45, 2.75) is 0 Å². The summed E-state index contributed by atoms with van der Waals surface area (Å²) in [6.45, 7) is 0. The molecule has 0 unspecified atom stereocenters. The van der Waals surface area contributed by atoms with Crippen LogP contribution in [0.1, 0.15) is 15.9 Å². The summed E-state index contributed by atoms with van der Waals surface area (Å²) < 4.78 is 84.1. The normalized spacial score (nSPS) is 11.2. The largest absolute Gasteiger partial charge is 0.493 e. The predicted molar refractivity (Wildman–Crippen MR) is 128 cm³/mol. The van der Waals surface area contributed by atoms with E-state index >= 15 is 0 Å². The van der Waals surface area contributed by atoms with E-state index in [0.717, 1.165) is 0 Å². The highest BCUT2D eigenvalue weighted by atomic mass is 19.2. The number of nitrogens with one attached hydrogen (secondary N) is 1. The summed E-state index contributed by atoms with van der Waals surface area (Å²) >= 11 is 0. The number of halogens is 5. The van der Waals surface area contributed by atoms with Gasteiger partial charge >= 0.3 is 0 Å².